The summed E-state index contributed by atoms with van der Waals surface area (Å²) >= 11 is 3.17. The molecule has 1 heterocycles. The van der Waals surface area contributed by atoms with Crippen LogP contribution in [-0.2, 0) is 4.52 Å². The second kappa shape index (κ2) is 9.04. The molecule has 0 radical (unpaired) electrons. The van der Waals surface area contributed by atoms with Gasteiger partial charge in [-0.3, -0.25) is 0 Å². The SMILES string of the molecule is CCCCC(C)COP1(=[Se])Oc2ccc3ccccc3c2-c2c(ccc3ccccc23)O1. The zero-order valence-electron chi connectivity index (χ0n) is 18.4. The molecule has 0 aromatic heterocycles. The first-order valence-electron chi connectivity index (χ1n) is 11.3. The van der Waals surface area contributed by atoms with E-state index in [2.05, 4.69) is 89.6 Å². The first-order valence-corrected chi connectivity index (χ1v) is 15.0. The Morgan fingerprint density at radius 1 is 0.812 bits per heavy atom. The number of rotatable bonds is 6. The van der Waals surface area contributed by atoms with Crippen LogP contribution in [0.15, 0.2) is 72.8 Å². The molecular weight excluding hydrogens is 482 g/mol. The first kappa shape index (κ1) is 21.7. The minimum absolute atomic E-state index is 0.447. The molecule has 32 heavy (non-hydrogen) atoms. The van der Waals surface area contributed by atoms with Gasteiger partial charge in [-0.25, -0.2) is 0 Å². The molecule has 4 aromatic carbocycles. The number of unbranched alkanes of at least 4 members (excludes halogenated alkanes) is 1. The number of hydrogen-bond acceptors (Lipinski definition) is 3. The Labute approximate surface area is 197 Å². The van der Waals surface area contributed by atoms with Gasteiger partial charge in [-0.05, 0) is 0 Å². The van der Waals surface area contributed by atoms with Crippen molar-refractivity contribution < 1.29 is 13.6 Å². The summed E-state index contributed by atoms with van der Waals surface area (Å²) in [4.78, 5) is 0. The Morgan fingerprint density at radius 2 is 1.34 bits per heavy atom. The maximum absolute atomic E-state index is 6.55. The summed E-state index contributed by atoms with van der Waals surface area (Å²) in [6.45, 7) is 5.05. The quantitative estimate of drug-likeness (QED) is 0.194. The van der Waals surface area contributed by atoms with E-state index in [1.165, 1.54) is 23.6 Å². The van der Waals surface area contributed by atoms with Crippen LogP contribution in [-0.4, -0.2) is 21.7 Å². The summed E-state index contributed by atoms with van der Waals surface area (Å²) in [6, 6.07) is 25.2. The summed E-state index contributed by atoms with van der Waals surface area (Å²) in [5.41, 5.74) is 2.13. The van der Waals surface area contributed by atoms with Gasteiger partial charge in [0.15, 0.2) is 0 Å². The van der Waals surface area contributed by atoms with Crippen LogP contribution < -0.4 is 9.05 Å². The summed E-state index contributed by atoms with van der Waals surface area (Å²) in [5, 5.41) is 4.65. The zero-order chi connectivity index (χ0) is 22.1. The van der Waals surface area contributed by atoms with E-state index in [9.17, 15) is 0 Å². The molecule has 0 fully saturated rings. The van der Waals surface area contributed by atoms with E-state index in [-0.39, 0.29) is 0 Å². The van der Waals surface area contributed by atoms with Gasteiger partial charge in [0.25, 0.3) is 0 Å². The van der Waals surface area contributed by atoms with Crippen molar-refractivity contribution >= 4 is 42.8 Å². The molecule has 164 valence electrons. The molecule has 0 aliphatic carbocycles. The Balaban J connectivity index is 1.67. The van der Waals surface area contributed by atoms with Crippen LogP contribution in [0.4, 0.5) is 0 Å². The maximum atomic E-state index is 6.55. The van der Waals surface area contributed by atoms with Crippen molar-refractivity contribution in [3.05, 3.63) is 72.8 Å². The van der Waals surface area contributed by atoms with Gasteiger partial charge in [-0.1, -0.05) is 0 Å². The third-order valence-corrected chi connectivity index (χ3v) is 8.93. The molecule has 1 atom stereocenters. The van der Waals surface area contributed by atoms with E-state index in [1.54, 1.807) is 0 Å². The normalized spacial score (nSPS) is 15.3. The summed E-state index contributed by atoms with van der Waals surface area (Å²) in [6.07, 6.45) is 0.794. The molecule has 0 saturated heterocycles. The Morgan fingerprint density at radius 3 is 1.88 bits per heavy atom. The fourth-order valence-corrected chi connectivity index (χ4v) is 7.10. The summed E-state index contributed by atoms with van der Waals surface area (Å²) < 4.78 is 19.5. The van der Waals surface area contributed by atoms with Crippen LogP contribution in [0.3, 0.4) is 0 Å². The zero-order valence-corrected chi connectivity index (χ0v) is 21.0. The second-order valence-corrected chi connectivity index (χ2v) is 12.8. The van der Waals surface area contributed by atoms with Crippen LogP contribution >= 0.6 is 6.19 Å². The number of benzene rings is 4. The molecule has 3 nitrogen and oxygen atoms in total. The van der Waals surface area contributed by atoms with Gasteiger partial charge in [0.1, 0.15) is 0 Å². The molecule has 4 aromatic rings. The summed E-state index contributed by atoms with van der Waals surface area (Å²) in [5.74, 6) is 2.04. The third-order valence-electron chi connectivity index (χ3n) is 6.02. The fourth-order valence-electron chi connectivity index (χ4n) is 4.34. The molecule has 0 N–H and O–H groups in total. The number of hydrogen-bond donors (Lipinski definition) is 0. The standard InChI is InChI=1S/C27H27O3PSe/c1-3-4-9-19(2)18-28-31(32)29-24-16-14-20-10-5-7-12-22(20)26(24)27-23-13-8-6-11-21(23)15-17-25(27)30-31/h5-8,10-17,19H,3-4,9,18H2,1-2H3. The molecule has 1 unspecified atom stereocenters. The van der Waals surface area contributed by atoms with Crippen LogP contribution in [0.5, 0.6) is 11.5 Å². The second-order valence-electron chi connectivity index (χ2n) is 8.49. The Kier molecular flexibility index (Phi) is 6.14. The van der Waals surface area contributed by atoms with E-state index in [0.29, 0.717) is 12.5 Å². The molecule has 1 aliphatic rings. The van der Waals surface area contributed by atoms with Crippen molar-refractivity contribution in [1.82, 2.24) is 0 Å². The molecule has 5 heteroatoms. The van der Waals surface area contributed by atoms with Crippen LogP contribution in [0.25, 0.3) is 32.7 Å². The van der Waals surface area contributed by atoms with Crippen molar-refractivity contribution in [3.8, 4) is 22.6 Å². The van der Waals surface area contributed by atoms with Gasteiger partial charge >= 0.3 is 197 Å². The molecule has 0 spiro atoms. The molecule has 1 aliphatic heterocycles. The van der Waals surface area contributed by atoms with E-state index in [1.807, 2.05) is 12.1 Å². The molecule has 0 bridgehead atoms. The van der Waals surface area contributed by atoms with Crippen LogP contribution in [0.2, 0.25) is 0 Å². The van der Waals surface area contributed by atoms with Crippen molar-refractivity contribution in [2.24, 2.45) is 5.92 Å². The van der Waals surface area contributed by atoms with E-state index in [4.69, 9.17) is 13.6 Å². The van der Waals surface area contributed by atoms with Crippen LogP contribution in [0, 0.1) is 5.92 Å². The molecule has 5 rings (SSSR count). The van der Waals surface area contributed by atoms with E-state index >= 15 is 0 Å². The van der Waals surface area contributed by atoms with Crippen molar-refractivity contribution in [1.29, 1.82) is 0 Å². The monoisotopic (exact) mass is 510 g/mol. The van der Waals surface area contributed by atoms with Crippen LogP contribution in [0.1, 0.15) is 33.1 Å². The van der Waals surface area contributed by atoms with Gasteiger partial charge < -0.3 is 0 Å². The fraction of sp³-hybridized carbons (Fsp3) is 0.259. The molecule has 0 saturated carbocycles. The molecular formula is C27H27O3PSe. The predicted molar refractivity (Wildman–Crippen MR) is 135 cm³/mol. The average molecular weight is 509 g/mol. The van der Waals surface area contributed by atoms with Gasteiger partial charge in [-0.15, -0.1) is 0 Å². The summed E-state index contributed by atoms with van der Waals surface area (Å²) in [7, 11) is 0. The first-order chi connectivity index (χ1) is 15.6. The van der Waals surface area contributed by atoms with Gasteiger partial charge in [0, 0.05) is 0 Å². The van der Waals surface area contributed by atoms with Gasteiger partial charge in [0.05, 0.1) is 0 Å². The third kappa shape index (κ3) is 4.14. The van der Waals surface area contributed by atoms with Crippen molar-refractivity contribution in [2.75, 3.05) is 6.61 Å². The average Bonchev–Trinajstić information content (AvgIpc) is 2.95. The number of fused-ring (bicyclic) bond motifs is 7. The Hall–Kier alpha value is -2.09. The van der Waals surface area contributed by atoms with Gasteiger partial charge in [0.2, 0.25) is 0 Å². The van der Waals surface area contributed by atoms with Gasteiger partial charge in [-0.2, -0.15) is 0 Å². The van der Waals surface area contributed by atoms with E-state index in [0.717, 1.165) is 39.8 Å². The predicted octanol–water partition coefficient (Wildman–Crippen LogP) is 8.12. The van der Waals surface area contributed by atoms with E-state index < -0.39 is 6.19 Å². The van der Waals surface area contributed by atoms with Crippen molar-refractivity contribution in [2.45, 2.75) is 33.1 Å². The van der Waals surface area contributed by atoms with Crippen molar-refractivity contribution in [3.63, 3.8) is 0 Å². The minimum atomic E-state index is -2.74. The Bertz CT molecular complexity index is 1240. The topological polar surface area (TPSA) is 27.7 Å². The molecule has 0 amide bonds.